The van der Waals surface area contributed by atoms with Gasteiger partial charge in [-0.3, -0.25) is 0 Å². The SMILES string of the molecule is CCCC(C)(NC(=O)N1CCCC1C(C)C)C(=O)O. The fourth-order valence-electron chi connectivity index (χ4n) is 2.77. The van der Waals surface area contributed by atoms with E-state index < -0.39 is 11.5 Å². The number of likely N-dealkylation sites (tertiary alicyclic amines) is 1. The van der Waals surface area contributed by atoms with Crippen molar-refractivity contribution in [1.82, 2.24) is 10.2 Å². The fraction of sp³-hybridized carbons (Fsp3) is 0.857. The number of nitrogens with one attached hydrogen (secondary N) is 1. The molecular formula is C14H26N2O3. The topological polar surface area (TPSA) is 69.6 Å². The first-order valence-corrected chi connectivity index (χ1v) is 7.14. The minimum absolute atomic E-state index is 0.222. The number of hydrogen-bond donors (Lipinski definition) is 2. The van der Waals surface area contributed by atoms with Crippen molar-refractivity contribution in [2.75, 3.05) is 6.54 Å². The van der Waals surface area contributed by atoms with Crippen LogP contribution in [-0.4, -0.2) is 40.1 Å². The number of aliphatic carboxylic acids is 1. The monoisotopic (exact) mass is 270 g/mol. The highest BCUT2D eigenvalue weighted by atomic mass is 16.4. The molecule has 19 heavy (non-hydrogen) atoms. The molecule has 5 nitrogen and oxygen atoms in total. The van der Waals surface area contributed by atoms with Crippen molar-refractivity contribution >= 4 is 12.0 Å². The molecule has 0 saturated carbocycles. The van der Waals surface area contributed by atoms with E-state index in [1.54, 1.807) is 11.8 Å². The first-order chi connectivity index (χ1) is 8.81. The molecule has 1 aliphatic rings. The van der Waals surface area contributed by atoms with Gasteiger partial charge in [-0.1, -0.05) is 27.2 Å². The molecule has 2 atom stereocenters. The molecule has 0 aromatic carbocycles. The van der Waals surface area contributed by atoms with Gasteiger partial charge in [0.25, 0.3) is 0 Å². The van der Waals surface area contributed by atoms with Crippen LogP contribution in [0.15, 0.2) is 0 Å². The summed E-state index contributed by atoms with van der Waals surface area (Å²) in [5.41, 5.74) is -1.17. The molecule has 1 saturated heterocycles. The zero-order valence-electron chi connectivity index (χ0n) is 12.4. The van der Waals surface area contributed by atoms with Gasteiger partial charge in [0.15, 0.2) is 0 Å². The minimum atomic E-state index is -1.17. The normalized spacial score (nSPS) is 22.4. The smallest absolute Gasteiger partial charge is 0.329 e. The maximum absolute atomic E-state index is 12.3. The summed E-state index contributed by atoms with van der Waals surface area (Å²) in [5, 5.41) is 12.0. The summed E-state index contributed by atoms with van der Waals surface area (Å²) in [5.74, 6) is -0.571. The van der Waals surface area contributed by atoms with Crippen LogP contribution in [0.1, 0.15) is 53.4 Å². The Hall–Kier alpha value is -1.26. The van der Waals surface area contributed by atoms with Gasteiger partial charge in [0.2, 0.25) is 0 Å². The predicted molar refractivity (Wildman–Crippen MR) is 74.0 cm³/mol. The van der Waals surface area contributed by atoms with Gasteiger partial charge < -0.3 is 15.3 Å². The van der Waals surface area contributed by atoms with Crippen LogP contribution in [0, 0.1) is 5.92 Å². The second-order valence-electron chi connectivity index (χ2n) is 5.96. The Balaban J connectivity index is 2.74. The number of carboxylic acid groups (broad SMARTS) is 1. The quantitative estimate of drug-likeness (QED) is 0.806. The van der Waals surface area contributed by atoms with E-state index in [1.165, 1.54) is 0 Å². The maximum atomic E-state index is 12.3. The molecular weight excluding hydrogens is 244 g/mol. The largest absolute Gasteiger partial charge is 0.480 e. The molecule has 0 aromatic heterocycles. The zero-order chi connectivity index (χ0) is 14.6. The molecule has 2 amide bonds. The van der Waals surface area contributed by atoms with Crippen LogP contribution in [0.25, 0.3) is 0 Å². The van der Waals surface area contributed by atoms with Crippen LogP contribution < -0.4 is 5.32 Å². The summed E-state index contributed by atoms with van der Waals surface area (Å²) < 4.78 is 0. The lowest BCUT2D eigenvalue weighted by Crippen LogP contribution is -2.57. The van der Waals surface area contributed by atoms with E-state index in [-0.39, 0.29) is 12.1 Å². The molecule has 1 fully saturated rings. The van der Waals surface area contributed by atoms with Crippen LogP contribution in [-0.2, 0) is 4.79 Å². The highest BCUT2D eigenvalue weighted by Crippen LogP contribution is 2.24. The Bertz CT molecular complexity index is 344. The first-order valence-electron chi connectivity index (χ1n) is 7.14. The first kappa shape index (κ1) is 15.8. The second kappa shape index (κ2) is 6.26. The van der Waals surface area contributed by atoms with E-state index >= 15 is 0 Å². The number of hydrogen-bond acceptors (Lipinski definition) is 2. The zero-order valence-corrected chi connectivity index (χ0v) is 12.4. The van der Waals surface area contributed by atoms with Crippen molar-refractivity contribution in [3.8, 4) is 0 Å². The summed E-state index contributed by atoms with van der Waals surface area (Å²) in [7, 11) is 0. The van der Waals surface area contributed by atoms with Crippen LogP contribution in [0.2, 0.25) is 0 Å². The summed E-state index contributed by atoms with van der Waals surface area (Å²) in [4.78, 5) is 25.4. The van der Waals surface area contributed by atoms with Crippen LogP contribution >= 0.6 is 0 Å². The van der Waals surface area contributed by atoms with E-state index in [0.717, 1.165) is 25.8 Å². The van der Waals surface area contributed by atoms with E-state index in [1.807, 2.05) is 6.92 Å². The maximum Gasteiger partial charge on any atom is 0.329 e. The van der Waals surface area contributed by atoms with E-state index in [0.29, 0.717) is 12.3 Å². The standard InChI is InChI=1S/C14H26N2O3/c1-5-8-14(4,12(17)18)15-13(19)16-9-6-7-11(16)10(2)3/h10-11H,5-9H2,1-4H3,(H,15,19)(H,17,18). The van der Waals surface area contributed by atoms with E-state index in [4.69, 9.17) is 0 Å². The van der Waals surface area contributed by atoms with E-state index in [9.17, 15) is 14.7 Å². The predicted octanol–water partition coefficient (Wildman–Crippen LogP) is 2.46. The number of carbonyl (C=O) groups is 2. The molecule has 0 bridgehead atoms. The second-order valence-corrected chi connectivity index (χ2v) is 5.96. The Kier molecular flexibility index (Phi) is 5.20. The number of rotatable bonds is 5. The lowest BCUT2D eigenvalue weighted by Gasteiger charge is -2.33. The van der Waals surface area contributed by atoms with Crippen molar-refractivity contribution < 1.29 is 14.7 Å². The Morgan fingerprint density at radius 3 is 2.58 bits per heavy atom. The summed E-state index contributed by atoms with van der Waals surface area (Å²) in [6.45, 7) is 8.41. The van der Waals surface area contributed by atoms with Crippen molar-refractivity contribution in [2.24, 2.45) is 5.92 Å². The molecule has 2 N–H and O–H groups in total. The van der Waals surface area contributed by atoms with Crippen LogP contribution in [0.3, 0.4) is 0 Å². The van der Waals surface area contributed by atoms with E-state index in [2.05, 4.69) is 19.2 Å². The third-order valence-corrected chi connectivity index (χ3v) is 3.93. The molecule has 0 spiro atoms. The third kappa shape index (κ3) is 3.61. The molecule has 0 aromatic rings. The average Bonchev–Trinajstić information content (AvgIpc) is 2.77. The van der Waals surface area contributed by atoms with Gasteiger partial charge in [-0.05, 0) is 32.1 Å². The Morgan fingerprint density at radius 1 is 1.47 bits per heavy atom. The van der Waals surface area contributed by atoms with Crippen molar-refractivity contribution in [2.45, 2.75) is 65.0 Å². The molecule has 110 valence electrons. The van der Waals surface area contributed by atoms with Gasteiger partial charge in [0, 0.05) is 12.6 Å². The van der Waals surface area contributed by atoms with Crippen LogP contribution in [0.5, 0.6) is 0 Å². The number of urea groups is 1. The van der Waals surface area contributed by atoms with Crippen molar-refractivity contribution in [1.29, 1.82) is 0 Å². The highest BCUT2D eigenvalue weighted by Gasteiger charge is 2.38. The molecule has 1 aliphatic heterocycles. The number of carboxylic acids is 1. The average molecular weight is 270 g/mol. The third-order valence-electron chi connectivity index (χ3n) is 3.93. The van der Waals surface area contributed by atoms with Gasteiger partial charge in [-0.25, -0.2) is 9.59 Å². The molecule has 0 radical (unpaired) electrons. The number of nitrogens with zero attached hydrogens (tertiary/aromatic N) is 1. The molecule has 1 rings (SSSR count). The van der Waals surface area contributed by atoms with Crippen molar-refractivity contribution in [3.63, 3.8) is 0 Å². The fourth-order valence-corrected chi connectivity index (χ4v) is 2.77. The highest BCUT2D eigenvalue weighted by molar-refractivity contribution is 5.86. The van der Waals surface area contributed by atoms with Gasteiger partial charge >= 0.3 is 12.0 Å². The number of amides is 2. The number of carbonyl (C=O) groups excluding carboxylic acids is 1. The van der Waals surface area contributed by atoms with Gasteiger partial charge in [0.05, 0.1) is 0 Å². The van der Waals surface area contributed by atoms with Gasteiger partial charge in [-0.2, -0.15) is 0 Å². The van der Waals surface area contributed by atoms with Crippen LogP contribution in [0.4, 0.5) is 4.79 Å². The summed E-state index contributed by atoms with van der Waals surface area (Å²) >= 11 is 0. The Morgan fingerprint density at radius 2 is 2.11 bits per heavy atom. The molecule has 1 heterocycles. The lowest BCUT2D eigenvalue weighted by atomic mass is 9.96. The Labute approximate surface area is 115 Å². The summed E-state index contributed by atoms with van der Waals surface area (Å²) in [6, 6.07) is -0.0192. The molecule has 2 unspecified atom stereocenters. The van der Waals surface area contributed by atoms with Crippen molar-refractivity contribution in [3.05, 3.63) is 0 Å². The minimum Gasteiger partial charge on any atom is -0.480 e. The molecule has 5 heteroatoms. The molecule has 0 aliphatic carbocycles. The lowest BCUT2D eigenvalue weighted by molar-refractivity contribution is -0.144. The van der Waals surface area contributed by atoms with Gasteiger partial charge in [-0.15, -0.1) is 0 Å². The van der Waals surface area contributed by atoms with Gasteiger partial charge in [0.1, 0.15) is 5.54 Å². The summed E-state index contributed by atoms with van der Waals surface area (Å²) in [6.07, 6.45) is 3.15.